The van der Waals surface area contributed by atoms with Crippen LogP contribution in [0.5, 0.6) is 11.5 Å². The highest BCUT2D eigenvalue weighted by atomic mass is 19.3. The predicted molar refractivity (Wildman–Crippen MR) is 82.4 cm³/mol. The third-order valence-electron chi connectivity index (χ3n) is 4.05. The summed E-state index contributed by atoms with van der Waals surface area (Å²) in [5, 5.41) is 7.38. The molecule has 0 saturated carbocycles. The molecule has 0 aliphatic carbocycles. The second-order valence-corrected chi connectivity index (χ2v) is 5.78. The lowest BCUT2D eigenvalue weighted by Crippen LogP contribution is -2.34. The van der Waals surface area contributed by atoms with Gasteiger partial charge in [0.2, 0.25) is 11.7 Å². The van der Waals surface area contributed by atoms with Crippen molar-refractivity contribution in [3.63, 3.8) is 0 Å². The number of hydrogen-bond acceptors (Lipinski definition) is 6. The molecule has 130 valence electrons. The Hall–Kier alpha value is -2.22. The first-order valence-electron chi connectivity index (χ1n) is 7.77. The average Bonchev–Trinajstić information content (AvgIpc) is 3.05. The minimum absolute atomic E-state index is 0.0350. The van der Waals surface area contributed by atoms with E-state index in [1.165, 1.54) is 13.2 Å². The lowest BCUT2D eigenvalue weighted by molar-refractivity contribution is -0.0512. The molecule has 1 fully saturated rings. The van der Waals surface area contributed by atoms with E-state index >= 15 is 0 Å². The number of hydrogen-bond donors (Lipinski definition) is 1. The Morgan fingerprint density at radius 2 is 2.17 bits per heavy atom. The molecule has 1 saturated heterocycles. The largest absolute Gasteiger partial charge is 0.493 e. The second-order valence-electron chi connectivity index (χ2n) is 5.78. The van der Waals surface area contributed by atoms with Gasteiger partial charge in [0.15, 0.2) is 11.5 Å². The van der Waals surface area contributed by atoms with E-state index in [0.717, 1.165) is 19.4 Å². The van der Waals surface area contributed by atoms with E-state index in [1.54, 1.807) is 12.1 Å². The molecule has 0 bridgehead atoms. The van der Waals surface area contributed by atoms with Crippen LogP contribution in [0.25, 0.3) is 11.4 Å². The summed E-state index contributed by atoms with van der Waals surface area (Å²) in [5.41, 5.74) is 0.616. The van der Waals surface area contributed by atoms with Crippen molar-refractivity contribution in [2.24, 2.45) is 0 Å². The van der Waals surface area contributed by atoms with Crippen LogP contribution in [0, 0.1) is 0 Å². The van der Waals surface area contributed by atoms with Crippen LogP contribution >= 0.6 is 0 Å². The number of nitrogens with one attached hydrogen (secondary N) is 1. The lowest BCUT2D eigenvalue weighted by Gasteiger charge is -2.25. The van der Waals surface area contributed by atoms with Gasteiger partial charge < -0.3 is 19.3 Å². The van der Waals surface area contributed by atoms with E-state index in [2.05, 4.69) is 27.1 Å². The van der Waals surface area contributed by atoms with Crippen molar-refractivity contribution >= 4 is 0 Å². The van der Waals surface area contributed by atoms with Crippen molar-refractivity contribution in [1.82, 2.24) is 15.5 Å². The van der Waals surface area contributed by atoms with E-state index in [4.69, 9.17) is 9.26 Å². The second kappa shape index (κ2) is 7.12. The zero-order chi connectivity index (χ0) is 17.1. The molecule has 1 N–H and O–H groups in total. The maximum atomic E-state index is 12.4. The molecule has 8 heteroatoms. The van der Waals surface area contributed by atoms with Crippen LogP contribution in [0.4, 0.5) is 8.78 Å². The highest BCUT2D eigenvalue weighted by Crippen LogP contribution is 2.34. The Bertz CT molecular complexity index is 693. The molecule has 2 heterocycles. The number of aromatic nitrogens is 2. The Morgan fingerprint density at radius 1 is 1.33 bits per heavy atom. The van der Waals surface area contributed by atoms with Gasteiger partial charge in [-0.15, -0.1) is 0 Å². The number of nitrogens with zero attached hydrogens (tertiary/aromatic N) is 2. The molecule has 0 unspecified atom stereocenters. The van der Waals surface area contributed by atoms with Gasteiger partial charge in [0.05, 0.1) is 7.11 Å². The van der Waals surface area contributed by atoms with E-state index < -0.39 is 6.61 Å². The third-order valence-corrected chi connectivity index (χ3v) is 4.05. The Balaban J connectivity index is 1.82. The zero-order valence-electron chi connectivity index (χ0n) is 13.5. The molecular formula is C16H19F2N3O3. The molecule has 0 radical (unpaired) electrons. The summed E-state index contributed by atoms with van der Waals surface area (Å²) in [5.74, 6) is 1.39. The van der Waals surface area contributed by atoms with Crippen molar-refractivity contribution in [3.8, 4) is 22.9 Å². The summed E-state index contributed by atoms with van der Waals surface area (Å²) in [7, 11) is 1.38. The Kier molecular flexibility index (Phi) is 4.94. The van der Waals surface area contributed by atoms with Crippen LogP contribution in [0.1, 0.15) is 31.6 Å². The maximum absolute atomic E-state index is 12.4. The number of ether oxygens (including phenoxy) is 2. The number of benzene rings is 1. The van der Waals surface area contributed by atoms with Crippen LogP contribution in [0.15, 0.2) is 22.7 Å². The molecular weight excluding hydrogens is 320 g/mol. The predicted octanol–water partition coefficient (Wildman–Crippen LogP) is 3.20. The van der Waals surface area contributed by atoms with E-state index in [-0.39, 0.29) is 17.4 Å². The first-order valence-corrected chi connectivity index (χ1v) is 7.77. The molecule has 2 atom stereocenters. The van der Waals surface area contributed by atoms with Gasteiger partial charge in [-0.2, -0.15) is 13.8 Å². The first kappa shape index (κ1) is 16.6. The summed E-state index contributed by atoms with van der Waals surface area (Å²) in [6, 6.07) is 4.96. The quantitative estimate of drug-likeness (QED) is 0.902. The topological polar surface area (TPSA) is 69.4 Å². The van der Waals surface area contributed by atoms with Gasteiger partial charge >= 0.3 is 6.61 Å². The van der Waals surface area contributed by atoms with Crippen LogP contribution < -0.4 is 14.8 Å². The van der Waals surface area contributed by atoms with Gasteiger partial charge in [-0.3, -0.25) is 0 Å². The van der Waals surface area contributed by atoms with Crippen LogP contribution in [-0.2, 0) is 0 Å². The number of halogens is 2. The minimum atomic E-state index is -2.91. The fourth-order valence-corrected chi connectivity index (χ4v) is 2.87. The van der Waals surface area contributed by atoms with Gasteiger partial charge in [-0.1, -0.05) is 5.16 Å². The van der Waals surface area contributed by atoms with Crippen LogP contribution in [-0.4, -0.2) is 36.4 Å². The monoisotopic (exact) mass is 339 g/mol. The number of alkyl halides is 2. The molecule has 1 aromatic heterocycles. The molecule has 1 aliphatic heterocycles. The standard InChI is InChI=1S/C16H19F2N3O3/c1-9-7-11(5-6-19-9)15-20-14(21-24-15)10-3-4-12(23-16(17)18)13(8-10)22-2/h3-4,8-9,11,16,19H,5-7H2,1-2H3/t9-,11-/m0/s1. The third kappa shape index (κ3) is 3.64. The van der Waals surface area contributed by atoms with Crippen LogP contribution in [0.3, 0.4) is 0 Å². The fraction of sp³-hybridized carbons (Fsp3) is 0.500. The molecule has 24 heavy (non-hydrogen) atoms. The summed E-state index contributed by atoms with van der Waals surface area (Å²) in [6.07, 6.45) is 1.88. The number of rotatable bonds is 5. The van der Waals surface area contributed by atoms with Crippen molar-refractivity contribution in [1.29, 1.82) is 0 Å². The summed E-state index contributed by atoms with van der Waals surface area (Å²) in [6.45, 7) is 0.121. The van der Waals surface area contributed by atoms with Gasteiger partial charge in [0.1, 0.15) is 0 Å². The van der Waals surface area contributed by atoms with Crippen molar-refractivity contribution < 1.29 is 22.8 Å². The highest BCUT2D eigenvalue weighted by molar-refractivity contribution is 5.60. The van der Waals surface area contributed by atoms with Crippen molar-refractivity contribution in [3.05, 3.63) is 24.1 Å². The highest BCUT2D eigenvalue weighted by Gasteiger charge is 2.25. The molecule has 3 rings (SSSR count). The summed E-state index contributed by atoms with van der Waals surface area (Å²) >= 11 is 0. The normalized spacial score (nSPS) is 21.0. The van der Waals surface area contributed by atoms with Crippen molar-refractivity contribution in [2.75, 3.05) is 13.7 Å². The van der Waals surface area contributed by atoms with E-state index in [0.29, 0.717) is 23.3 Å². The minimum Gasteiger partial charge on any atom is -0.493 e. The van der Waals surface area contributed by atoms with Crippen molar-refractivity contribution in [2.45, 2.75) is 38.3 Å². The molecule has 2 aromatic rings. The summed E-state index contributed by atoms with van der Waals surface area (Å²) < 4.78 is 39.7. The van der Waals surface area contributed by atoms with E-state index in [1.807, 2.05) is 0 Å². The number of piperidine rings is 1. The Labute approximate surface area is 138 Å². The molecule has 1 aliphatic rings. The molecule has 1 aromatic carbocycles. The SMILES string of the molecule is COc1cc(-c2noc([C@H]3CCN[C@@H](C)C3)n2)ccc1OC(F)F. The number of methoxy groups -OCH3 is 1. The Morgan fingerprint density at radius 3 is 2.88 bits per heavy atom. The molecule has 6 nitrogen and oxygen atoms in total. The van der Waals surface area contributed by atoms with Gasteiger partial charge in [0.25, 0.3) is 0 Å². The lowest BCUT2D eigenvalue weighted by atomic mass is 9.93. The molecule has 0 spiro atoms. The average molecular weight is 339 g/mol. The van der Waals surface area contributed by atoms with Gasteiger partial charge in [-0.05, 0) is 44.5 Å². The van der Waals surface area contributed by atoms with Crippen LogP contribution in [0.2, 0.25) is 0 Å². The summed E-state index contributed by atoms with van der Waals surface area (Å²) in [4.78, 5) is 4.45. The fourth-order valence-electron chi connectivity index (χ4n) is 2.87. The first-order chi connectivity index (χ1) is 11.6. The smallest absolute Gasteiger partial charge is 0.387 e. The van der Waals surface area contributed by atoms with Gasteiger partial charge in [-0.25, -0.2) is 0 Å². The van der Waals surface area contributed by atoms with Gasteiger partial charge in [0, 0.05) is 17.5 Å². The molecule has 0 amide bonds. The zero-order valence-corrected chi connectivity index (χ0v) is 13.5. The van der Waals surface area contributed by atoms with E-state index in [9.17, 15) is 8.78 Å². The maximum Gasteiger partial charge on any atom is 0.387 e.